The Labute approximate surface area is 188 Å². The summed E-state index contributed by atoms with van der Waals surface area (Å²) in [6.07, 6.45) is 4.61. The summed E-state index contributed by atoms with van der Waals surface area (Å²) >= 11 is 0. The summed E-state index contributed by atoms with van der Waals surface area (Å²) in [7, 11) is 0. The lowest BCUT2D eigenvalue weighted by atomic mass is 9.46. The van der Waals surface area contributed by atoms with E-state index in [-0.39, 0.29) is 54.0 Å². The summed E-state index contributed by atoms with van der Waals surface area (Å²) in [5.74, 6) is -1.37. The van der Waals surface area contributed by atoms with Crippen molar-refractivity contribution in [3.63, 3.8) is 0 Å². The Morgan fingerprint density at radius 3 is 2.44 bits per heavy atom. The number of aliphatic hydroxyl groups excluding tert-OH is 2. The molecule has 0 aliphatic heterocycles. The van der Waals surface area contributed by atoms with Gasteiger partial charge < -0.3 is 15.3 Å². The van der Waals surface area contributed by atoms with E-state index in [1.165, 1.54) is 12.2 Å². The van der Waals surface area contributed by atoms with Crippen molar-refractivity contribution in [3.8, 4) is 0 Å². The molecule has 0 bridgehead atoms. The molecular weight excluding hydrogens is 415 g/mol. The fourth-order valence-corrected chi connectivity index (χ4v) is 7.49. The first kappa shape index (κ1) is 24.8. The first-order valence-corrected chi connectivity index (χ1v) is 11.5. The number of carboxylic acids is 1. The van der Waals surface area contributed by atoms with Crippen LogP contribution in [0.3, 0.4) is 0 Å². The molecule has 0 unspecified atom stereocenters. The smallest absolute Gasteiger partial charge is 0.303 e. The number of aliphatic carboxylic acids is 1. The van der Waals surface area contributed by atoms with Gasteiger partial charge in [0.2, 0.25) is 0 Å². The van der Waals surface area contributed by atoms with E-state index in [2.05, 4.69) is 0 Å². The topological polar surface area (TPSA) is 112 Å². The molecule has 0 saturated heterocycles. The number of carboxylic acid groups (broad SMARTS) is 1. The van der Waals surface area contributed by atoms with Crippen molar-refractivity contribution in [2.45, 2.75) is 65.7 Å². The number of allylic oxidation sites excluding steroid dienone is 4. The van der Waals surface area contributed by atoms with Gasteiger partial charge in [-0.2, -0.15) is 0 Å². The van der Waals surface area contributed by atoms with E-state index in [1.54, 1.807) is 13.0 Å². The van der Waals surface area contributed by atoms with Crippen LogP contribution in [-0.2, 0) is 14.4 Å². The van der Waals surface area contributed by atoms with Gasteiger partial charge in [-0.15, -0.1) is 0 Å². The quantitative estimate of drug-likeness (QED) is 0.609. The highest BCUT2D eigenvalue weighted by molar-refractivity contribution is 6.01. The zero-order chi connectivity index (χ0) is 24.0. The number of halogens is 1. The third kappa shape index (κ3) is 3.87. The fourth-order valence-electron chi connectivity index (χ4n) is 7.49. The van der Waals surface area contributed by atoms with Crippen molar-refractivity contribution in [1.82, 2.24) is 0 Å². The maximum Gasteiger partial charge on any atom is 0.303 e. The van der Waals surface area contributed by atoms with E-state index in [0.29, 0.717) is 12.0 Å². The van der Waals surface area contributed by atoms with Crippen LogP contribution < -0.4 is 0 Å². The van der Waals surface area contributed by atoms with E-state index in [4.69, 9.17) is 5.11 Å². The summed E-state index contributed by atoms with van der Waals surface area (Å²) < 4.78 is 15.2. The number of aliphatic hydroxyl groups is 2. The molecule has 0 spiro atoms. The molecule has 0 radical (unpaired) electrons. The number of hydrogen-bond donors (Lipinski definition) is 3. The van der Waals surface area contributed by atoms with Gasteiger partial charge in [-0.3, -0.25) is 14.4 Å². The van der Waals surface area contributed by atoms with Crippen LogP contribution in [0.2, 0.25) is 0 Å². The molecule has 3 N–H and O–H groups in total. The van der Waals surface area contributed by atoms with Crippen LogP contribution in [0.25, 0.3) is 0 Å². The second-order valence-corrected chi connectivity index (χ2v) is 10.5. The molecule has 3 saturated carbocycles. The van der Waals surface area contributed by atoms with E-state index in [9.17, 15) is 24.6 Å². The van der Waals surface area contributed by atoms with Gasteiger partial charge in [0.15, 0.2) is 11.6 Å². The fraction of sp³-hybridized carbons (Fsp3) is 0.720. The summed E-state index contributed by atoms with van der Waals surface area (Å²) in [4.78, 5) is 33.7. The average Bonchev–Trinajstić information content (AvgIpc) is 2.98. The van der Waals surface area contributed by atoms with Gasteiger partial charge in [-0.1, -0.05) is 33.8 Å². The van der Waals surface area contributed by atoms with Gasteiger partial charge in [0, 0.05) is 23.7 Å². The highest BCUT2D eigenvalue weighted by Gasteiger charge is 2.65. The maximum absolute atomic E-state index is 15.2. The van der Waals surface area contributed by atoms with Crippen molar-refractivity contribution in [1.29, 1.82) is 0 Å². The van der Waals surface area contributed by atoms with Crippen LogP contribution in [0.1, 0.15) is 53.4 Å². The minimum Gasteiger partial charge on any atom is -0.481 e. The molecule has 4 rings (SSSR count). The highest BCUT2D eigenvalue weighted by Crippen LogP contribution is 2.67. The Morgan fingerprint density at radius 1 is 1.25 bits per heavy atom. The van der Waals surface area contributed by atoms with E-state index < -0.39 is 35.7 Å². The molecular formula is C25H35FO6. The predicted octanol–water partition coefficient (Wildman–Crippen LogP) is 3.12. The molecule has 0 heterocycles. The van der Waals surface area contributed by atoms with Crippen LogP contribution in [0.5, 0.6) is 0 Å². The number of ketones is 2. The summed E-state index contributed by atoms with van der Waals surface area (Å²) in [5, 5.41) is 28.4. The third-order valence-corrected chi connectivity index (χ3v) is 8.62. The molecule has 0 amide bonds. The van der Waals surface area contributed by atoms with E-state index in [1.807, 2.05) is 20.8 Å². The molecule has 9 atom stereocenters. The number of Topliss-reactive ketones (excluding diaryl/α,β-unsaturated/α-hetero) is 1. The zero-order valence-electron chi connectivity index (χ0n) is 19.3. The van der Waals surface area contributed by atoms with Crippen LogP contribution in [-0.4, -0.2) is 51.7 Å². The lowest BCUT2D eigenvalue weighted by molar-refractivity contribution is -0.144. The number of carbonyl (C=O) groups excluding carboxylic acids is 2. The predicted molar refractivity (Wildman–Crippen MR) is 116 cm³/mol. The standard InChI is InChI=1S/C22H29FO4.C3H6O2/c1-11-6-14-13-8-16(23)15-7-12(25)4-5-21(15,2)20(13)17(26)9-22(14,3)19(11)18(27)10-24;1-2-3(4)5/h4-5,7,11,13-14,16-17,19-20,24,26H,6,8-10H2,1-3H3;2H2,1H3,(H,4,5)/t11-,13+,14+,16+,17+,19-,20-,21+,22+;/m1./s1. The van der Waals surface area contributed by atoms with Gasteiger partial charge in [0.1, 0.15) is 12.8 Å². The minimum atomic E-state index is -1.21. The Balaban J connectivity index is 0.000000523. The molecule has 0 aromatic carbocycles. The number of carbonyl (C=O) groups is 3. The molecule has 178 valence electrons. The van der Waals surface area contributed by atoms with Gasteiger partial charge in [-0.25, -0.2) is 4.39 Å². The van der Waals surface area contributed by atoms with Crippen LogP contribution in [0.15, 0.2) is 23.8 Å². The first-order valence-electron chi connectivity index (χ1n) is 11.5. The molecule has 3 fully saturated rings. The molecule has 0 aromatic rings. The van der Waals surface area contributed by atoms with Crippen molar-refractivity contribution in [2.24, 2.45) is 40.4 Å². The molecule has 32 heavy (non-hydrogen) atoms. The van der Waals surface area contributed by atoms with Gasteiger partial charge >= 0.3 is 5.97 Å². The Hall–Kier alpha value is -1.86. The van der Waals surface area contributed by atoms with E-state index in [0.717, 1.165) is 6.42 Å². The van der Waals surface area contributed by atoms with Crippen molar-refractivity contribution >= 4 is 17.5 Å². The van der Waals surface area contributed by atoms with Gasteiger partial charge in [0.05, 0.1) is 6.10 Å². The highest BCUT2D eigenvalue weighted by atomic mass is 19.1. The number of fused-ring (bicyclic) bond motifs is 5. The second-order valence-electron chi connectivity index (χ2n) is 10.5. The van der Waals surface area contributed by atoms with Gasteiger partial charge in [-0.05, 0) is 60.2 Å². The number of hydrogen-bond acceptors (Lipinski definition) is 5. The average molecular weight is 451 g/mol. The zero-order valence-corrected chi connectivity index (χ0v) is 19.3. The lowest BCUT2D eigenvalue weighted by Crippen LogP contribution is -2.58. The SMILES string of the molecule is CCC(=O)O.C[C@@H]1C[C@H]2[C@@H]3C[C@H](F)C4=CC(=O)C=C[C@]4(C)[C@H]3[C@@H](O)C[C@]2(C)[C@H]1C(=O)CO. The Morgan fingerprint density at radius 2 is 1.88 bits per heavy atom. The third-order valence-electron chi connectivity index (χ3n) is 8.62. The van der Waals surface area contributed by atoms with Crippen molar-refractivity contribution in [3.05, 3.63) is 23.8 Å². The normalized spacial score (nSPS) is 44.4. The monoisotopic (exact) mass is 450 g/mol. The summed E-state index contributed by atoms with van der Waals surface area (Å²) in [6.45, 7) is 7.13. The Kier molecular flexibility index (Phi) is 6.83. The number of alkyl halides is 1. The van der Waals surface area contributed by atoms with Crippen molar-refractivity contribution in [2.75, 3.05) is 6.61 Å². The summed E-state index contributed by atoms with van der Waals surface area (Å²) in [6, 6.07) is 0. The Bertz CT molecular complexity index is 849. The first-order chi connectivity index (χ1) is 14.9. The molecule has 7 heteroatoms. The van der Waals surface area contributed by atoms with Crippen molar-refractivity contribution < 1.29 is 34.1 Å². The van der Waals surface area contributed by atoms with E-state index >= 15 is 4.39 Å². The van der Waals surface area contributed by atoms with Crippen LogP contribution in [0, 0.1) is 40.4 Å². The minimum absolute atomic E-state index is 0.0484. The summed E-state index contributed by atoms with van der Waals surface area (Å²) in [5.41, 5.74) is -0.599. The van der Waals surface area contributed by atoms with Gasteiger partial charge in [0.25, 0.3) is 0 Å². The maximum atomic E-state index is 15.2. The largest absolute Gasteiger partial charge is 0.481 e. The second kappa shape index (κ2) is 8.82. The molecule has 4 aliphatic rings. The molecule has 0 aromatic heterocycles. The molecule has 6 nitrogen and oxygen atoms in total. The molecule has 4 aliphatic carbocycles. The number of rotatable bonds is 3. The van der Waals surface area contributed by atoms with Crippen LogP contribution >= 0.6 is 0 Å². The lowest BCUT2D eigenvalue weighted by Gasteiger charge is -2.59. The van der Waals surface area contributed by atoms with Crippen LogP contribution in [0.4, 0.5) is 4.39 Å².